The lowest BCUT2D eigenvalue weighted by Gasteiger charge is -2.31. The summed E-state index contributed by atoms with van der Waals surface area (Å²) in [6, 6.07) is 6.70. The van der Waals surface area contributed by atoms with Crippen molar-refractivity contribution in [2.45, 2.75) is 17.7 Å². The fraction of sp³-hybridized carbons (Fsp3) is 0.318. The molecule has 13 heteroatoms. The van der Waals surface area contributed by atoms with Crippen molar-refractivity contribution in [3.8, 4) is 0 Å². The van der Waals surface area contributed by atoms with Gasteiger partial charge in [0, 0.05) is 31.0 Å². The van der Waals surface area contributed by atoms with Crippen LogP contribution in [0.5, 0.6) is 0 Å². The van der Waals surface area contributed by atoms with Gasteiger partial charge in [-0.25, -0.2) is 27.0 Å². The molecule has 1 heterocycles. The number of benzene rings is 2. The normalized spacial score (nSPS) is 15.1. The molecule has 9 nitrogen and oxygen atoms in total. The number of sulfone groups is 1. The van der Waals surface area contributed by atoms with Crippen LogP contribution in [0.15, 0.2) is 50.8 Å². The maximum atomic E-state index is 14.3. The van der Waals surface area contributed by atoms with Gasteiger partial charge in [-0.1, -0.05) is 0 Å². The fourth-order valence-corrected chi connectivity index (χ4v) is 4.53. The monoisotopic (exact) mass is 572 g/mol. The molecule has 0 aliphatic carbocycles. The number of aliphatic hydroxyl groups excluding tert-OH is 1. The van der Waals surface area contributed by atoms with Crippen LogP contribution in [-0.4, -0.2) is 62.2 Å². The van der Waals surface area contributed by atoms with Crippen molar-refractivity contribution in [3.63, 3.8) is 0 Å². The largest absolute Gasteiger partial charge is 0.374 e. The minimum Gasteiger partial charge on any atom is -0.374 e. The van der Waals surface area contributed by atoms with Gasteiger partial charge in [-0.2, -0.15) is 0 Å². The summed E-state index contributed by atoms with van der Waals surface area (Å²) >= 11 is 3.07. The van der Waals surface area contributed by atoms with Crippen molar-refractivity contribution >= 4 is 54.8 Å². The molecular weight excluding hydrogens is 550 g/mol. The number of nitrogens with one attached hydrogen (secondary N) is 2. The number of urea groups is 1. The van der Waals surface area contributed by atoms with E-state index in [0.29, 0.717) is 18.5 Å². The van der Waals surface area contributed by atoms with E-state index in [-0.39, 0.29) is 39.8 Å². The van der Waals surface area contributed by atoms with E-state index < -0.39 is 40.2 Å². The topological polar surface area (TPSA) is 128 Å². The SMILES string of the molecule is CS(=O)(=O)c1ccc(NC(=O)N2CCC(C(=O)/C(=N/CO)Nc3ccc(F)c(Br)c3)CC2)c(F)c1. The van der Waals surface area contributed by atoms with Gasteiger partial charge in [0.05, 0.1) is 15.1 Å². The average molecular weight is 573 g/mol. The number of amidine groups is 1. The Morgan fingerprint density at radius 2 is 1.80 bits per heavy atom. The number of Topliss-reactive ketones (excluding diaryl/α,β-unsaturated/α-hetero) is 1. The Morgan fingerprint density at radius 3 is 2.37 bits per heavy atom. The number of hydrogen-bond donors (Lipinski definition) is 3. The summed E-state index contributed by atoms with van der Waals surface area (Å²) in [5.74, 6) is -2.27. The molecule has 188 valence electrons. The van der Waals surface area contributed by atoms with E-state index in [1.54, 1.807) is 0 Å². The molecule has 1 aliphatic rings. The molecule has 3 N–H and O–H groups in total. The van der Waals surface area contributed by atoms with Gasteiger partial charge in [-0.15, -0.1) is 0 Å². The summed E-state index contributed by atoms with van der Waals surface area (Å²) < 4.78 is 51.0. The number of likely N-dealkylation sites (tertiary alicyclic amines) is 1. The van der Waals surface area contributed by atoms with E-state index in [1.165, 1.54) is 35.2 Å². The van der Waals surface area contributed by atoms with Crippen molar-refractivity contribution < 1.29 is 31.9 Å². The van der Waals surface area contributed by atoms with Crippen LogP contribution in [-0.2, 0) is 14.6 Å². The first-order chi connectivity index (χ1) is 16.5. The number of nitrogens with zero attached hydrogens (tertiary/aromatic N) is 2. The third-order valence-electron chi connectivity index (χ3n) is 5.41. The first-order valence-electron chi connectivity index (χ1n) is 10.5. The van der Waals surface area contributed by atoms with Gasteiger partial charge in [0.25, 0.3) is 0 Å². The van der Waals surface area contributed by atoms with Gasteiger partial charge >= 0.3 is 6.03 Å². The standard InChI is InChI=1S/C22H23BrF2N4O5S/c1-35(33,34)15-3-5-19(18(25)11-15)28-22(32)29-8-6-13(7-9-29)20(31)21(26-12-30)27-14-2-4-17(24)16(23)10-14/h2-5,10-11,13,30H,6-9,12H2,1H3,(H,26,27)(H,28,32). The molecule has 2 aromatic rings. The Kier molecular flexibility index (Phi) is 8.56. The van der Waals surface area contributed by atoms with Crippen LogP contribution >= 0.6 is 15.9 Å². The number of amides is 2. The Labute approximate surface area is 209 Å². The lowest BCUT2D eigenvalue weighted by atomic mass is 9.92. The van der Waals surface area contributed by atoms with Crippen LogP contribution in [0.2, 0.25) is 0 Å². The quantitative estimate of drug-likeness (QED) is 0.359. The second-order valence-corrected chi connectivity index (χ2v) is 10.7. The molecule has 0 bridgehead atoms. The molecule has 3 rings (SSSR count). The predicted molar refractivity (Wildman–Crippen MR) is 130 cm³/mol. The smallest absolute Gasteiger partial charge is 0.321 e. The van der Waals surface area contributed by atoms with Crippen molar-refractivity contribution in [2.24, 2.45) is 10.9 Å². The summed E-state index contributed by atoms with van der Waals surface area (Å²) in [6.07, 6.45) is 1.57. The number of piperidine rings is 1. The third kappa shape index (κ3) is 6.83. The van der Waals surface area contributed by atoms with Gasteiger partial charge < -0.3 is 20.6 Å². The lowest BCUT2D eigenvalue weighted by Crippen LogP contribution is -2.44. The number of anilines is 2. The van der Waals surface area contributed by atoms with Crippen LogP contribution in [0.4, 0.5) is 25.0 Å². The van der Waals surface area contributed by atoms with Crippen LogP contribution in [0.3, 0.4) is 0 Å². The number of halogens is 3. The van der Waals surface area contributed by atoms with Crippen LogP contribution in [0, 0.1) is 17.6 Å². The highest BCUT2D eigenvalue weighted by atomic mass is 79.9. The number of ketones is 1. The Morgan fingerprint density at radius 1 is 1.11 bits per heavy atom. The maximum absolute atomic E-state index is 14.3. The van der Waals surface area contributed by atoms with Gasteiger partial charge in [-0.3, -0.25) is 4.79 Å². The van der Waals surface area contributed by atoms with Crippen LogP contribution in [0.25, 0.3) is 0 Å². The van der Waals surface area contributed by atoms with Gasteiger partial charge in [0.1, 0.15) is 18.4 Å². The summed E-state index contributed by atoms with van der Waals surface area (Å²) in [5, 5.41) is 14.4. The number of rotatable bonds is 6. The highest BCUT2D eigenvalue weighted by Gasteiger charge is 2.30. The molecular formula is C22H23BrF2N4O5S. The van der Waals surface area contributed by atoms with Crippen molar-refractivity contribution in [3.05, 3.63) is 52.5 Å². The van der Waals surface area contributed by atoms with Crippen LogP contribution in [0.1, 0.15) is 12.8 Å². The Hall–Kier alpha value is -2.90. The fourth-order valence-electron chi connectivity index (χ4n) is 3.52. The van der Waals surface area contributed by atoms with E-state index in [4.69, 9.17) is 0 Å². The number of hydrogen-bond acceptors (Lipinski definition) is 6. The summed E-state index contributed by atoms with van der Waals surface area (Å²) in [4.78, 5) is 30.6. The molecule has 0 aromatic heterocycles. The van der Waals surface area contributed by atoms with E-state index in [9.17, 15) is 31.9 Å². The number of aliphatic hydroxyl groups is 1. The van der Waals surface area contributed by atoms with E-state index >= 15 is 0 Å². The number of aliphatic imine (C=N–C) groups is 1. The van der Waals surface area contributed by atoms with E-state index in [0.717, 1.165) is 12.3 Å². The molecule has 0 atom stereocenters. The first kappa shape index (κ1) is 26.7. The van der Waals surface area contributed by atoms with Gasteiger partial charge in [0.2, 0.25) is 5.78 Å². The molecule has 2 aromatic carbocycles. The Bertz CT molecular complexity index is 1260. The lowest BCUT2D eigenvalue weighted by molar-refractivity contribution is -0.117. The number of carbonyl (C=O) groups excluding carboxylic acids is 2. The van der Waals surface area contributed by atoms with E-state index in [2.05, 4.69) is 31.6 Å². The average Bonchev–Trinajstić information content (AvgIpc) is 2.81. The summed E-state index contributed by atoms with van der Waals surface area (Å²) in [7, 11) is -3.59. The van der Waals surface area contributed by atoms with Crippen molar-refractivity contribution in [2.75, 3.05) is 36.7 Å². The minimum absolute atomic E-state index is 0.0815. The Balaban J connectivity index is 1.60. The number of carbonyl (C=O) groups is 2. The summed E-state index contributed by atoms with van der Waals surface area (Å²) in [5.41, 5.74) is 0.243. The second kappa shape index (κ2) is 11.2. The minimum atomic E-state index is -3.59. The zero-order valence-electron chi connectivity index (χ0n) is 18.6. The maximum Gasteiger partial charge on any atom is 0.321 e. The van der Waals surface area contributed by atoms with Crippen LogP contribution < -0.4 is 10.6 Å². The first-order valence-corrected chi connectivity index (χ1v) is 13.1. The molecule has 35 heavy (non-hydrogen) atoms. The molecule has 1 fully saturated rings. The second-order valence-electron chi connectivity index (χ2n) is 7.87. The molecule has 0 unspecified atom stereocenters. The van der Waals surface area contributed by atoms with Gasteiger partial charge in [-0.05, 0) is 65.2 Å². The van der Waals surface area contributed by atoms with Gasteiger partial charge in [0.15, 0.2) is 15.7 Å². The third-order valence-corrected chi connectivity index (χ3v) is 7.13. The molecule has 0 saturated carbocycles. The highest BCUT2D eigenvalue weighted by Crippen LogP contribution is 2.24. The summed E-state index contributed by atoms with van der Waals surface area (Å²) in [6.45, 7) is -0.207. The molecule has 2 amide bonds. The molecule has 1 aliphatic heterocycles. The predicted octanol–water partition coefficient (Wildman–Crippen LogP) is 3.40. The van der Waals surface area contributed by atoms with E-state index in [1.807, 2.05) is 0 Å². The van der Waals surface area contributed by atoms with Crippen molar-refractivity contribution in [1.82, 2.24) is 4.90 Å². The highest BCUT2D eigenvalue weighted by molar-refractivity contribution is 9.10. The zero-order valence-corrected chi connectivity index (χ0v) is 21.0. The zero-order chi connectivity index (χ0) is 25.8. The van der Waals surface area contributed by atoms with Crippen molar-refractivity contribution in [1.29, 1.82) is 0 Å². The molecule has 0 radical (unpaired) electrons. The molecule has 0 spiro atoms. The molecule has 1 saturated heterocycles.